The van der Waals surface area contributed by atoms with Gasteiger partial charge in [0.2, 0.25) is 0 Å². The van der Waals surface area contributed by atoms with Crippen molar-refractivity contribution < 1.29 is 33.7 Å². The minimum absolute atomic E-state index is 0.0674. The summed E-state index contributed by atoms with van der Waals surface area (Å²) in [6.45, 7) is 5.22. The number of carboxylic acid groups (broad SMARTS) is 1. The molecule has 1 saturated heterocycles. The summed E-state index contributed by atoms with van der Waals surface area (Å²) < 4.78 is 15.5. The third-order valence-electron chi connectivity index (χ3n) is 3.47. The highest BCUT2D eigenvalue weighted by Gasteiger charge is 2.54. The van der Waals surface area contributed by atoms with Crippen molar-refractivity contribution in [2.24, 2.45) is 11.8 Å². The molecule has 128 valence electrons. The number of hydrogen-bond donors (Lipinski definition) is 2. The maximum atomic E-state index is 12.1. The fourth-order valence-electron chi connectivity index (χ4n) is 2.60. The van der Waals surface area contributed by atoms with Crippen LogP contribution in [0.4, 0.5) is 4.79 Å². The summed E-state index contributed by atoms with van der Waals surface area (Å²) in [4.78, 5) is 34.8. The highest BCUT2D eigenvalue weighted by molar-refractivity contribution is 5.84. The Hall–Kier alpha value is -2.09. The van der Waals surface area contributed by atoms with Crippen molar-refractivity contribution in [3.63, 3.8) is 0 Å². The summed E-state index contributed by atoms with van der Waals surface area (Å²) >= 11 is 0. The summed E-state index contributed by atoms with van der Waals surface area (Å²) in [7, 11) is 0. The fourth-order valence-corrected chi connectivity index (χ4v) is 2.60. The molecule has 0 spiro atoms. The normalized spacial score (nSPS) is 28.5. The molecule has 2 N–H and O–H groups in total. The van der Waals surface area contributed by atoms with Crippen LogP contribution < -0.4 is 5.32 Å². The van der Waals surface area contributed by atoms with Gasteiger partial charge in [-0.2, -0.15) is 0 Å². The van der Waals surface area contributed by atoms with Crippen LogP contribution in [-0.4, -0.2) is 54.1 Å². The molecule has 8 nitrogen and oxygen atoms in total. The number of aliphatic carboxylic acids is 1. The summed E-state index contributed by atoms with van der Waals surface area (Å²) in [5, 5.41) is 11.7. The van der Waals surface area contributed by atoms with Crippen molar-refractivity contribution in [1.82, 2.24) is 5.32 Å². The Morgan fingerprint density at radius 2 is 1.78 bits per heavy atom. The quantitative estimate of drug-likeness (QED) is 0.434. The van der Waals surface area contributed by atoms with Crippen LogP contribution in [0.3, 0.4) is 0 Å². The van der Waals surface area contributed by atoms with Crippen LogP contribution in [0.2, 0.25) is 0 Å². The minimum atomic E-state index is -1.09. The molecule has 1 fully saturated rings. The van der Waals surface area contributed by atoms with Gasteiger partial charge in [-0.25, -0.2) is 4.79 Å². The van der Waals surface area contributed by atoms with Gasteiger partial charge >= 0.3 is 18.0 Å². The van der Waals surface area contributed by atoms with E-state index in [2.05, 4.69) is 5.32 Å². The van der Waals surface area contributed by atoms with E-state index in [1.807, 2.05) is 0 Å². The van der Waals surface area contributed by atoms with Crippen LogP contribution >= 0.6 is 0 Å². The summed E-state index contributed by atoms with van der Waals surface area (Å²) in [5.74, 6) is -3.52. The summed E-state index contributed by atoms with van der Waals surface area (Å²) in [5.41, 5.74) is -0.609. The minimum Gasteiger partial charge on any atom is -0.481 e. The van der Waals surface area contributed by atoms with Crippen molar-refractivity contribution in [1.29, 1.82) is 0 Å². The average molecular weight is 327 g/mol. The van der Waals surface area contributed by atoms with Crippen molar-refractivity contribution >= 4 is 18.0 Å². The molecule has 0 aliphatic carbocycles. The predicted molar refractivity (Wildman–Crippen MR) is 77.6 cm³/mol. The van der Waals surface area contributed by atoms with Crippen molar-refractivity contribution in [3.8, 4) is 0 Å². The lowest BCUT2D eigenvalue weighted by molar-refractivity contribution is -0.156. The Morgan fingerprint density at radius 3 is 2.35 bits per heavy atom. The first-order chi connectivity index (χ1) is 10.7. The molecular weight excluding hydrogens is 306 g/mol. The molecule has 0 aromatic rings. The molecule has 1 amide bonds. The Kier molecular flexibility index (Phi) is 4.93. The number of ether oxygens (including phenoxy) is 3. The second-order valence-electron chi connectivity index (χ2n) is 6.44. The Bertz CT molecular complexity index is 522. The number of alkyl carbamates (subject to hydrolysis) is 1. The number of nitrogens with one attached hydrogen (secondary N) is 1. The number of carbonyl (C=O) groups excluding carboxylic acids is 2. The lowest BCUT2D eigenvalue weighted by Crippen LogP contribution is -2.39. The first-order valence-electron chi connectivity index (χ1n) is 7.39. The van der Waals surface area contributed by atoms with Gasteiger partial charge in [0.25, 0.3) is 0 Å². The van der Waals surface area contributed by atoms with Gasteiger partial charge in [-0.05, 0) is 20.8 Å². The largest absolute Gasteiger partial charge is 0.481 e. The smallest absolute Gasteiger partial charge is 0.407 e. The van der Waals surface area contributed by atoms with E-state index in [9.17, 15) is 19.5 Å². The van der Waals surface area contributed by atoms with Gasteiger partial charge in [-0.3, -0.25) is 9.59 Å². The van der Waals surface area contributed by atoms with Crippen molar-refractivity contribution in [2.75, 3.05) is 13.2 Å². The first-order valence-corrected chi connectivity index (χ1v) is 7.39. The molecule has 2 heterocycles. The number of carbonyl (C=O) groups is 3. The summed E-state index contributed by atoms with van der Waals surface area (Å²) in [6.07, 6.45) is 1.57. The zero-order valence-corrected chi connectivity index (χ0v) is 13.3. The zero-order valence-electron chi connectivity index (χ0n) is 13.3. The summed E-state index contributed by atoms with van der Waals surface area (Å²) in [6, 6.07) is 0. The second kappa shape index (κ2) is 6.57. The average Bonchev–Trinajstić information content (AvgIpc) is 3.01. The molecule has 2 bridgehead atoms. The van der Waals surface area contributed by atoms with E-state index in [1.54, 1.807) is 32.9 Å². The maximum absolute atomic E-state index is 12.1. The Balaban J connectivity index is 1.76. The van der Waals surface area contributed by atoms with Gasteiger partial charge in [0.1, 0.15) is 24.0 Å². The van der Waals surface area contributed by atoms with Gasteiger partial charge in [0.05, 0.1) is 18.8 Å². The molecule has 0 aromatic carbocycles. The van der Waals surface area contributed by atoms with Gasteiger partial charge in [0, 0.05) is 0 Å². The molecule has 0 radical (unpaired) electrons. The third kappa shape index (κ3) is 4.22. The van der Waals surface area contributed by atoms with E-state index >= 15 is 0 Å². The van der Waals surface area contributed by atoms with Crippen LogP contribution in [0, 0.1) is 11.8 Å². The zero-order chi connectivity index (χ0) is 17.2. The van der Waals surface area contributed by atoms with Crippen LogP contribution in [0.15, 0.2) is 12.2 Å². The number of esters is 1. The number of carboxylic acids is 1. The number of fused-ring (bicyclic) bond motifs is 2. The Morgan fingerprint density at radius 1 is 1.17 bits per heavy atom. The van der Waals surface area contributed by atoms with E-state index in [1.165, 1.54) is 0 Å². The molecule has 23 heavy (non-hydrogen) atoms. The standard InChI is InChI=1S/C15H21NO7/c1-15(2,3)23-14(20)16-6-7-21-13(19)11-9-5-4-8(22-9)10(11)12(17)18/h4-5,8-11H,6-7H2,1-3H3,(H,16,20)(H,17,18). The molecule has 0 saturated carbocycles. The second-order valence-corrected chi connectivity index (χ2v) is 6.44. The Labute approximate surface area is 133 Å². The number of hydrogen-bond acceptors (Lipinski definition) is 6. The van der Waals surface area contributed by atoms with Crippen LogP contribution in [0.25, 0.3) is 0 Å². The monoisotopic (exact) mass is 327 g/mol. The van der Waals surface area contributed by atoms with Gasteiger partial charge < -0.3 is 24.6 Å². The van der Waals surface area contributed by atoms with E-state index in [0.717, 1.165) is 0 Å². The molecule has 4 unspecified atom stereocenters. The molecule has 2 aliphatic rings. The molecule has 4 atom stereocenters. The van der Waals surface area contributed by atoms with Gasteiger partial charge in [-0.15, -0.1) is 0 Å². The van der Waals surface area contributed by atoms with Crippen molar-refractivity contribution in [3.05, 3.63) is 12.2 Å². The van der Waals surface area contributed by atoms with Crippen LogP contribution in [-0.2, 0) is 23.8 Å². The highest BCUT2D eigenvalue weighted by Crippen LogP contribution is 2.39. The topological polar surface area (TPSA) is 111 Å². The predicted octanol–water partition coefficient (Wildman–Crippen LogP) is 0.708. The third-order valence-corrected chi connectivity index (χ3v) is 3.47. The number of rotatable bonds is 5. The van der Waals surface area contributed by atoms with Crippen molar-refractivity contribution in [2.45, 2.75) is 38.6 Å². The first kappa shape index (κ1) is 17.3. The molecule has 2 aliphatic heterocycles. The SMILES string of the molecule is CC(C)(C)OC(=O)NCCOC(=O)C1C2C=CC(O2)C1C(=O)O. The maximum Gasteiger partial charge on any atom is 0.407 e. The van der Waals surface area contributed by atoms with Gasteiger partial charge in [0.15, 0.2) is 0 Å². The van der Waals surface area contributed by atoms with Crippen LogP contribution in [0.5, 0.6) is 0 Å². The lowest BCUT2D eigenvalue weighted by Gasteiger charge is -2.21. The fraction of sp³-hybridized carbons (Fsp3) is 0.667. The van der Waals surface area contributed by atoms with E-state index < -0.39 is 47.7 Å². The van der Waals surface area contributed by atoms with E-state index in [0.29, 0.717) is 0 Å². The molecule has 2 rings (SSSR count). The highest BCUT2D eigenvalue weighted by atomic mass is 16.6. The van der Waals surface area contributed by atoms with Crippen LogP contribution in [0.1, 0.15) is 20.8 Å². The molecule has 0 aromatic heterocycles. The van der Waals surface area contributed by atoms with E-state index in [4.69, 9.17) is 14.2 Å². The van der Waals surface area contributed by atoms with E-state index in [-0.39, 0.29) is 13.2 Å². The number of amides is 1. The lowest BCUT2D eigenvalue weighted by atomic mass is 9.83. The van der Waals surface area contributed by atoms with Gasteiger partial charge in [-0.1, -0.05) is 12.2 Å². The molecule has 8 heteroatoms. The molecular formula is C15H21NO7.